The molecule has 0 amide bonds. The second-order valence-electron chi connectivity index (χ2n) is 5.88. The lowest BCUT2D eigenvalue weighted by Gasteiger charge is -2.30. The third-order valence-electron chi connectivity index (χ3n) is 4.44. The van der Waals surface area contributed by atoms with Crippen molar-refractivity contribution < 1.29 is 9.53 Å². The standard InChI is InChI=1S/C16H22N4O2S2/c1-3-19-14(13-5-4-10-24-13)17-20(16(19)23)11-18-8-6-12(7-9-18)15(21)22-2/h4-5,10,12H,3,6-9,11H2,1-2H3. The molecule has 1 aliphatic rings. The summed E-state index contributed by atoms with van der Waals surface area (Å²) in [6.07, 6.45) is 1.65. The van der Waals surface area contributed by atoms with E-state index in [9.17, 15) is 4.79 Å². The average molecular weight is 367 g/mol. The minimum absolute atomic E-state index is 0.0223. The monoisotopic (exact) mass is 366 g/mol. The largest absolute Gasteiger partial charge is 0.469 e. The van der Waals surface area contributed by atoms with E-state index in [1.807, 2.05) is 10.7 Å². The zero-order chi connectivity index (χ0) is 17.1. The number of rotatable bonds is 5. The molecular weight excluding hydrogens is 344 g/mol. The SMILES string of the molecule is CCn1c(-c2cccs2)nn(CN2CCC(C(=O)OC)CC2)c1=S. The highest BCUT2D eigenvalue weighted by Crippen LogP contribution is 2.24. The Bertz CT molecular complexity index is 743. The van der Waals surface area contributed by atoms with Crippen LogP contribution in [0, 0.1) is 10.7 Å². The molecule has 1 fully saturated rings. The van der Waals surface area contributed by atoms with Crippen LogP contribution in [0.1, 0.15) is 19.8 Å². The summed E-state index contributed by atoms with van der Waals surface area (Å²) >= 11 is 7.28. The first-order valence-corrected chi connectivity index (χ1v) is 9.44. The van der Waals surface area contributed by atoms with Crippen LogP contribution in [0.15, 0.2) is 17.5 Å². The van der Waals surface area contributed by atoms with E-state index in [4.69, 9.17) is 22.1 Å². The summed E-state index contributed by atoms with van der Waals surface area (Å²) in [6.45, 7) is 5.26. The minimum atomic E-state index is -0.0958. The van der Waals surface area contributed by atoms with Crippen LogP contribution in [0.25, 0.3) is 10.7 Å². The van der Waals surface area contributed by atoms with Gasteiger partial charge in [-0.2, -0.15) is 0 Å². The fourth-order valence-corrected chi connectivity index (χ4v) is 4.10. The van der Waals surface area contributed by atoms with Crippen LogP contribution in [0.2, 0.25) is 0 Å². The molecule has 3 heterocycles. The summed E-state index contributed by atoms with van der Waals surface area (Å²) in [4.78, 5) is 15.0. The van der Waals surface area contributed by atoms with Crippen molar-refractivity contribution in [2.75, 3.05) is 20.2 Å². The summed E-state index contributed by atoms with van der Waals surface area (Å²) in [5.41, 5.74) is 0. The molecule has 0 radical (unpaired) electrons. The number of carbonyl (C=O) groups excluding carboxylic acids is 1. The van der Waals surface area contributed by atoms with Crippen LogP contribution in [0.5, 0.6) is 0 Å². The molecule has 1 aliphatic heterocycles. The molecule has 3 rings (SSSR count). The molecule has 0 N–H and O–H groups in total. The first-order valence-electron chi connectivity index (χ1n) is 8.15. The van der Waals surface area contributed by atoms with Crippen LogP contribution in [-0.4, -0.2) is 45.4 Å². The third kappa shape index (κ3) is 3.45. The number of hydrogen-bond donors (Lipinski definition) is 0. The number of thiophene rings is 1. The smallest absolute Gasteiger partial charge is 0.308 e. The van der Waals surface area contributed by atoms with Crippen LogP contribution >= 0.6 is 23.6 Å². The lowest BCUT2D eigenvalue weighted by atomic mass is 9.97. The molecule has 0 aliphatic carbocycles. The van der Waals surface area contributed by atoms with Gasteiger partial charge in [0, 0.05) is 19.6 Å². The van der Waals surface area contributed by atoms with Crippen LogP contribution in [0.3, 0.4) is 0 Å². The van der Waals surface area contributed by atoms with E-state index in [0.29, 0.717) is 6.67 Å². The number of aromatic nitrogens is 3. The number of piperidine rings is 1. The van der Waals surface area contributed by atoms with Crippen molar-refractivity contribution in [3.05, 3.63) is 22.3 Å². The van der Waals surface area contributed by atoms with Crippen molar-refractivity contribution in [1.82, 2.24) is 19.2 Å². The van der Waals surface area contributed by atoms with Crippen molar-refractivity contribution in [3.8, 4) is 10.7 Å². The predicted molar refractivity (Wildman–Crippen MR) is 96.4 cm³/mol. The molecule has 6 nitrogen and oxygen atoms in total. The van der Waals surface area contributed by atoms with Gasteiger partial charge in [0.2, 0.25) is 0 Å². The van der Waals surface area contributed by atoms with E-state index in [1.165, 1.54) is 7.11 Å². The molecule has 0 spiro atoms. The molecule has 24 heavy (non-hydrogen) atoms. The van der Waals surface area contributed by atoms with E-state index < -0.39 is 0 Å². The van der Waals surface area contributed by atoms with Crippen molar-refractivity contribution in [3.63, 3.8) is 0 Å². The minimum Gasteiger partial charge on any atom is -0.469 e. The zero-order valence-electron chi connectivity index (χ0n) is 14.0. The first-order chi connectivity index (χ1) is 11.6. The van der Waals surface area contributed by atoms with Gasteiger partial charge in [-0.15, -0.1) is 16.4 Å². The predicted octanol–water partition coefficient (Wildman–Crippen LogP) is 3.00. The second kappa shape index (κ2) is 7.58. The average Bonchev–Trinajstić information content (AvgIpc) is 3.23. The van der Waals surface area contributed by atoms with Gasteiger partial charge in [-0.25, -0.2) is 4.68 Å². The Balaban J connectivity index is 1.73. The van der Waals surface area contributed by atoms with E-state index in [0.717, 1.165) is 47.9 Å². The summed E-state index contributed by atoms with van der Waals surface area (Å²) in [5.74, 6) is 0.859. The van der Waals surface area contributed by atoms with Crippen molar-refractivity contribution in [1.29, 1.82) is 0 Å². The van der Waals surface area contributed by atoms with Gasteiger partial charge in [0.05, 0.1) is 24.6 Å². The van der Waals surface area contributed by atoms with Gasteiger partial charge >= 0.3 is 5.97 Å². The highest BCUT2D eigenvalue weighted by molar-refractivity contribution is 7.71. The Morgan fingerprint density at radius 3 is 2.79 bits per heavy atom. The lowest BCUT2D eigenvalue weighted by Crippen LogP contribution is -2.38. The molecule has 0 bridgehead atoms. The van der Waals surface area contributed by atoms with Gasteiger partial charge < -0.3 is 4.74 Å². The zero-order valence-corrected chi connectivity index (χ0v) is 15.6. The van der Waals surface area contributed by atoms with Gasteiger partial charge in [0.25, 0.3) is 0 Å². The van der Waals surface area contributed by atoms with Crippen molar-refractivity contribution in [2.24, 2.45) is 5.92 Å². The van der Waals surface area contributed by atoms with Gasteiger partial charge in [0.1, 0.15) is 0 Å². The molecule has 0 unspecified atom stereocenters. The molecule has 1 saturated heterocycles. The summed E-state index contributed by atoms with van der Waals surface area (Å²) in [6, 6.07) is 4.10. The van der Waals surface area contributed by atoms with Crippen molar-refractivity contribution >= 4 is 29.5 Å². The Morgan fingerprint density at radius 1 is 1.46 bits per heavy atom. The number of carbonyl (C=O) groups is 1. The molecule has 0 atom stereocenters. The maximum Gasteiger partial charge on any atom is 0.308 e. The number of hydrogen-bond acceptors (Lipinski definition) is 6. The van der Waals surface area contributed by atoms with E-state index in [-0.39, 0.29) is 11.9 Å². The number of methoxy groups -OCH3 is 1. The Kier molecular flexibility index (Phi) is 5.47. The van der Waals surface area contributed by atoms with Crippen LogP contribution in [0.4, 0.5) is 0 Å². The molecule has 8 heteroatoms. The Hall–Kier alpha value is -1.51. The normalized spacial score (nSPS) is 16.4. The number of nitrogens with zero attached hydrogens (tertiary/aromatic N) is 4. The Morgan fingerprint density at radius 2 is 2.21 bits per heavy atom. The highest BCUT2D eigenvalue weighted by Gasteiger charge is 2.26. The second-order valence-corrected chi connectivity index (χ2v) is 7.20. The number of likely N-dealkylation sites (tertiary alicyclic amines) is 1. The van der Waals surface area contributed by atoms with Gasteiger partial charge in [-0.05, 0) is 43.4 Å². The maximum absolute atomic E-state index is 11.6. The van der Waals surface area contributed by atoms with Gasteiger partial charge in [0.15, 0.2) is 10.6 Å². The quantitative estimate of drug-likeness (QED) is 0.601. The molecule has 130 valence electrons. The number of esters is 1. The van der Waals surface area contributed by atoms with E-state index in [1.54, 1.807) is 11.3 Å². The summed E-state index contributed by atoms with van der Waals surface area (Å²) < 4.78 is 9.56. The molecule has 2 aromatic rings. The molecular formula is C16H22N4O2S2. The maximum atomic E-state index is 11.6. The summed E-state index contributed by atoms with van der Waals surface area (Å²) in [7, 11) is 1.46. The van der Waals surface area contributed by atoms with Crippen molar-refractivity contribution in [2.45, 2.75) is 33.0 Å². The molecule has 0 aromatic carbocycles. The summed E-state index contributed by atoms with van der Waals surface area (Å²) in [5, 5.41) is 6.79. The molecule has 0 saturated carbocycles. The Labute approximate surface area is 150 Å². The molecule has 2 aromatic heterocycles. The lowest BCUT2D eigenvalue weighted by molar-refractivity contribution is -0.147. The van der Waals surface area contributed by atoms with Gasteiger partial charge in [-0.1, -0.05) is 6.07 Å². The van der Waals surface area contributed by atoms with Crippen LogP contribution < -0.4 is 0 Å². The first kappa shape index (κ1) is 17.3. The van der Waals surface area contributed by atoms with Gasteiger partial charge in [-0.3, -0.25) is 14.3 Å². The van der Waals surface area contributed by atoms with Crippen LogP contribution in [-0.2, 0) is 22.7 Å². The fourth-order valence-electron chi connectivity index (χ4n) is 3.07. The van der Waals surface area contributed by atoms with E-state index >= 15 is 0 Å². The number of ether oxygens (including phenoxy) is 1. The van der Waals surface area contributed by atoms with E-state index in [2.05, 4.69) is 27.8 Å². The highest BCUT2D eigenvalue weighted by atomic mass is 32.1. The fraction of sp³-hybridized carbons (Fsp3) is 0.562. The topological polar surface area (TPSA) is 52.3 Å². The third-order valence-corrected chi connectivity index (χ3v) is 5.73.